The molecule has 0 spiro atoms. The second kappa shape index (κ2) is 8.21. The molecule has 0 bridgehead atoms. The fourth-order valence-electron chi connectivity index (χ4n) is 4.44. The molecule has 0 unspecified atom stereocenters. The van der Waals surface area contributed by atoms with E-state index < -0.39 is 5.97 Å². The van der Waals surface area contributed by atoms with Crippen LogP contribution in [0, 0.1) is 6.92 Å². The van der Waals surface area contributed by atoms with Gasteiger partial charge in [0.15, 0.2) is 0 Å². The quantitative estimate of drug-likeness (QED) is 0.799. The van der Waals surface area contributed by atoms with E-state index in [0.717, 1.165) is 33.6 Å². The summed E-state index contributed by atoms with van der Waals surface area (Å²) in [6, 6.07) is 2.55. The third kappa shape index (κ3) is 4.07. The Bertz CT molecular complexity index is 860. The second-order valence-electron chi connectivity index (χ2n) is 8.07. The average molecular weight is 405 g/mol. The number of carboxylic acid groups (broad SMARTS) is 1. The maximum atomic E-state index is 12.8. The summed E-state index contributed by atoms with van der Waals surface area (Å²) in [7, 11) is 0. The Labute approximate surface area is 168 Å². The number of carboxylic acids is 1. The number of aryl methyl sites for hydroxylation is 1. The summed E-state index contributed by atoms with van der Waals surface area (Å²) in [4.78, 5) is 27.4. The summed E-state index contributed by atoms with van der Waals surface area (Å²) in [6.07, 6.45) is 7.74. The number of likely N-dealkylation sites (tertiary alicyclic amines) is 1. The van der Waals surface area contributed by atoms with Crippen molar-refractivity contribution in [2.24, 2.45) is 0 Å². The Balaban J connectivity index is 1.43. The SMILES string of the molecule is Cc1nn(C2CCCCC2)c2sc(C(=O)NC3CCN(CC(=O)O)CC3)cc12. The summed E-state index contributed by atoms with van der Waals surface area (Å²) < 4.78 is 2.16. The van der Waals surface area contributed by atoms with Gasteiger partial charge in [-0.25, -0.2) is 0 Å². The first-order chi connectivity index (χ1) is 13.5. The van der Waals surface area contributed by atoms with Crippen molar-refractivity contribution in [1.82, 2.24) is 20.0 Å². The molecular weight excluding hydrogens is 376 g/mol. The molecule has 1 aliphatic heterocycles. The van der Waals surface area contributed by atoms with Gasteiger partial charge in [-0.15, -0.1) is 11.3 Å². The Morgan fingerprint density at radius 3 is 2.61 bits per heavy atom. The average Bonchev–Trinajstić information content (AvgIpc) is 3.24. The number of amides is 1. The molecular formula is C20H28N4O3S. The highest BCUT2D eigenvalue weighted by atomic mass is 32.1. The number of nitrogens with one attached hydrogen (secondary N) is 1. The molecule has 2 aromatic rings. The van der Waals surface area contributed by atoms with Gasteiger partial charge < -0.3 is 10.4 Å². The molecule has 0 aromatic carbocycles. The number of hydrogen-bond donors (Lipinski definition) is 2. The minimum absolute atomic E-state index is 0.0209. The van der Waals surface area contributed by atoms with Gasteiger partial charge in [0, 0.05) is 24.5 Å². The van der Waals surface area contributed by atoms with Crippen LogP contribution in [0.5, 0.6) is 0 Å². The Hall–Kier alpha value is -1.93. The Morgan fingerprint density at radius 2 is 1.93 bits per heavy atom. The van der Waals surface area contributed by atoms with Crippen molar-refractivity contribution in [2.45, 2.75) is 64.0 Å². The van der Waals surface area contributed by atoms with Crippen LogP contribution in [0.15, 0.2) is 6.07 Å². The zero-order chi connectivity index (χ0) is 19.7. The van der Waals surface area contributed by atoms with Crippen molar-refractivity contribution in [3.05, 3.63) is 16.6 Å². The van der Waals surface area contributed by atoms with Crippen LogP contribution >= 0.6 is 11.3 Å². The van der Waals surface area contributed by atoms with Crippen molar-refractivity contribution in [2.75, 3.05) is 19.6 Å². The Kier molecular flexibility index (Phi) is 5.68. The molecule has 28 heavy (non-hydrogen) atoms. The summed E-state index contributed by atoms with van der Waals surface area (Å²) in [6.45, 7) is 3.51. The molecule has 0 radical (unpaired) electrons. The zero-order valence-corrected chi connectivity index (χ0v) is 17.1. The van der Waals surface area contributed by atoms with Crippen molar-refractivity contribution in [3.8, 4) is 0 Å². The summed E-state index contributed by atoms with van der Waals surface area (Å²) in [5.74, 6) is -0.817. The minimum Gasteiger partial charge on any atom is -0.480 e. The van der Waals surface area contributed by atoms with Crippen LogP contribution in [0.1, 0.15) is 66.4 Å². The van der Waals surface area contributed by atoms with Crippen LogP contribution in [0.25, 0.3) is 10.2 Å². The maximum Gasteiger partial charge on any atom is 0.317 e. The first-order valence-electron chi connectivity index (χ1n) is 10.2. The van der Waals surface area contributed by atoms with E-state index in [1.54, 1.807) is 11.3 Å². The molecule has 152 valence electrons. The van der Waals surface area contributed by atoms with E-state index in [1.165, 1.54) is 32.1 Å². The van der Waals surface area contributed by atoms with Crippen molar-refractivity contribution < 1.29 is 14.7 Å². The van der Waals surface area contributed by atoms with Gasteiger partial charge >= 0.3 is 5.97 Å². The van der Waals surface area contributed by atoms with Gasteiger partial charge in [0.2, 0.25) is 0 Å². The number of carbonyl (C=O) groups is 2. The van der Waals surface area contributed by atoms with E-state index >= 15 is 0 Å². The van der Waals surface area contributed by atoms with Crippen LogP contribution in [0.3, 0.4) is 0 Å². The largest absolute Gasteiger partial charge is 0.480 e. The lowest BCUT2D eigenvalue weighted by molar-refractivity contribution is -0.138. The lowest BCUT2D eigenvalue weighted by Crippen LogP contribution is -2.45. The fraction of sp³-hybridized carbons (Fsp3) is 0.650. The fourth-order valence-corrected chi connectivity index (χ4v) is 5.58. The molecule has 1 saturated heterocycles. The smallest absolute Gasteiger partial charge is 0.317 e. The molecule has 8 heteroatoms. The van der Waals surface area contributed by atoms with Crippen LogP contribution in [0.2, 0.25) is 0 Å². The van der Waals surface area contributed by atoms with Gasteiger partial charge in [-0.1, -0.05) is 19.3 Å². The second-order valence-corrected chi connectivity index (χ2v) is 9.10. The minimum atomic E-state index is -0.796. The highest BCUT2D eigenvalue weighted by molar-refractivity contribution is 7.20. The van der Waals surface area contributed by atoms with E-state index in [2.05, 4.69) is 10.00 Å². The van der Waals surface area contributed by atoms with Crippen LogP contribution in [0.4, 0.5) is 0 Å². The third-order valence-corrected chi connectivity index (χ3v) is 7.12. The number of fused-ring (bicyclic) bond motifs is 1. The highest BCUT2D eigenvalue weighted by Crippen LogP contribution is 2.35. The molecule has 1 amide bonds. The lowest BCUT2D eigenvalue weighted by atomic mass is 9.96. The van der Waals surface area contributed by atoms with E-state index in [4.69, 9.17) is 10.2 Å². The molecule has 0 atom stereocenters. The molecule has 1 saturated carbocycles. The number of nitrogens with zero attached hydrogens (tertiary/aromatic N) is 3. The van der Waals surface area contributed by atoms with Crippen molar-refractivity contribution >= 4 is 33.4 Å². The van der Waals surface area contributed by atoms with Crippen molar-refractivity contribution in [1.29, 1.82) is 0 Å². The predicted molar refractivity (Wildman–Crippen MR) is 109 cm³/mol. The number of thiophene rings is 1. The maximum absolute atomic E-state index is 12.8. The number of piperidine rings is 1. The number of carbonyl (C=O) groups excluding carboxylic acids is 1. The van der Waals surface area contributed by atoms with E-state index in [0.29, 0.717) is 19.1 Å². The number of aromatic nitrogens is 2. The molecule has 7 nitrogen and oxygen atoms in total. The van der Waals surface area contributed by atoms with Gasteiger partial charge in [0.1, 0.15) is 4.83 Å². The van der Waals surface area contributed by atoms with E-state index in [1.807, 2.05) is 17.9 Å². The van der Waals surface area contributed by atoms with Crippen molar-refractivity contribution in [3.63, 3.8) is 0 Å². The van der Waals surface area contributed by atoms with Crippen LogP contribution in [-0.4, -0.2) is 57.3 Å². The number of aliphatic carboxylic acids is 1. The summed E-state index contributed by atoms with van der Waals surface area (Å²) >= 11 is 1.54. The molecule has 2 N–H and O–H groups in total. The van der Waals surface area contributed by atoms with Gasteiger partial charge in [0.25, 0.3) is 5.91 Å². The van der Waals surface area contributed by atoms with Gasteiger partial charge in [-0.05, 0) is 38.7 Å². The summed E-state index contributed by atoms with van der Waals surface area (Å²) in [5.41, 5.74) is 0.998. The summed E-state index contributed by atoms with van der Waals surface area (Å²) in [5, 5.41) is 17.9. The van der Waals surface area contributed by atoms with E-state index in [9.17, 15) is 9.59 Å². The first kappa shape index (κ1) is 19.4. The Morgan fingerprint density at radius 1 is 1.21 bits per heavy atom. The monoisotopic (exact) mass is 404 g/mol. The zero-order valence-electron chi connectivity index (χ0n) is 16.3. The molecule has 2 fully saturated rings. The number of hydrogen-bond acceptors (Lipinski definition) is 5. The molecule has 3 heterocycles. The van der Waals surface area contributed by atoms with Gasteiger partial charge in [-0.2, -0.15) is 5.10 Å². The topological polar surface area (TPSA) is 87.5 Å². The molecule has 2 aliphatic rings. The number of rotatable bonds is 5. The van der Waals surface area contributed by atoms with Crippen LogP contribution < -0.4 is 5.32 Å². The standard InChI is InChI=1S/C20H28N4O3S/c1-13-16-11-17(28-20(16)24(22-13)15-5-3-2-4-6-15)19(27)21-14-7-9-23(10-8-14)12-18(25)26/h11,14-15H,2-10,12H2,1H3,(H,21,27)(H,25,26). The molecule has 2 aromatic heterocycles. The molecule has 1 aliphatic carbocycles. The van der Waals surface area contributed by atoms with Gasteiger partial charge in [-0.3, -0.25) is 19.2 Å². The van der Waals surface area contributed by atoms with Gasteiger partial charge in [0.05, 0.1) is 23.2 Å². The predicted octanol–water partition coefficient (Wildman–Crippen LogP) is 3.19. The third-order valence-electron chi connectivity index (χ3n) is 5.99. The first-order valence-corrected chi connectivity index (χ1v) is 11.1. The molecule has 4 rings (SSSR count). The normalized spacial score (nSPS) is 19.9. The van der Waals surface area contributed by atoms with Crippen LogP contribution in [-0.2, 0) is 4.79 Å². The lowest BCUT2D eigenvalue weighted by Gasteiger charge is -2.31. The highest BCUT2D eigenvalue weighted by Gasteiger charge is 2.25. The van der Waals surface area contributed by atoms with E-state index in [-0.39, 0.29) is 18.5 Å².